The van der Waals surface area contributed by atoms with Crippen molar-refractivity contribution in [1.29, 1.82) is 0 Å². The molecule has 1 fully saturated rings. The second-order valence-corrected chi connectivity index (χ2v) is 8.97. The van der Waals surface area contributed by atoms with Crippen LogP contribution in [-0.2, 0) is 18.4 Å². The predicted octanol–water partition coefficient (Wildman–Crippen LogP) is 4.98. The van der Waals surface area contributed by atoms with Crippen LogP contribution in [0.4, 0.5) is 0 Å². The van der Waals surface area contributed by atoms with Gasteiger partial charge >= 0.3 is 0 Å². The summed E-state index contributed by atoms with van der Waals surface area (Å²) >= 11 is 5.98. The number of aryl methyl sites for hydroxylation is 1. The van der Waals surface area contributed by atoms with Crippen LogP contribution in [0.2, 0.25) is 5.02 Å². The molecule has 1 aromatic heterocycles. The number of benzene rings is 2. The monoisotopic (exact) mass is 451 g/mol. The van der Waals surface area contributed by atoms with Crippen molar-refractivity contribution in [1.82, 2.24) is 14.4 Å². The van der Waals surface area contributed by atoms with Gasteiger partial charge in [0.1, 0.15) is 12.4 Å². The zero-order valence-electron chi connectivity index (χ0n) is 18.9. The second kappa shape index (κ2) is 9.80. The van der Waals surface area contributed by atoms with Crippen molar-refractivity contribution in [2.45, 2.75) is 25.5 Å². The first-order chi connectivity index (χ1) is 15.4. The van der Waals surface area contributed by atoms with Crippen LogP contribution in [0.3, 0.4) is 0 Å². The van der Waals surface area contributed by atoms with Gasteiger partial charge in [0.05, 0.1) is 5.69 Å². The summed E-state index contributed by atoms with van der Waals surface area (Å²) in [4.78, 5) is 17.1. The molecule has 32 heavy (non-hydrogen) atoms. The fourth-order valence-corrected chi connectivity index (χ4v) is 4.51. The molecule has 0 spiro atoms. The van der Waals surface area contributed by atoms with E-state index in [4.69, 9.17) is 16.3 Å². The lowest BCUT2D eigenvalue weighted by molar-refractivity contribution is -0.127. The summed E-state index contributed by atoms with van der Waals surface area (Å²) < 4.78 is 8.18. The summed E-state index contributed by atoms with van der Waals surface area (Å²) in [6, 6.07) is 16.1. The Labute approximate surface area is 194 Å². The molecule has 1 aliphatic rings. The first kappa shape index (κ1) is 22.4. The fourth-order valence-electron chi connectivity index (χ4n) is 4.38. The number of fused-ring (bicyclic) bond motifs is 1. The Bertz CT molecular complexity index is 1110. The number of para-hydroxylation sites is 1. The van der Waals surface area contributed by atoms with E-state index in [2.05, 4.69) is 35.7 Å². The van der Waals surface area contributed by atoms with Gasteiger partial charge in [0.25, 0.3) is 0 Å². The summed E-state index contributed by atoms with van der Waals surface area (Å²) in [7, 11) is 6.25. The van der Waals surface area contributed by atoms with Crippen LogP contribution in [0.15, 0.2) is 54.6 Å². The molecular weight excluding hydrogens is 422 g/mol. The van der Waals surface area contributed by atoms with Gasteiger partial charge in [-0.2, -0.15) is 0 Å². The molecule has 1 amide bonds. The standard InChI is InChI=1S/C26H30ClN3O2/c1-28(2)20-14-16-30(17-15-20)26(31)13-12-23-22-6-4-5-7-24(22)29(3)25(23)18-32-21-10-8-19(27)9-11-21/h4-13,20H,14-18H2,1-3H3. The van der Waals surface area contributed by atoms with Gasteiger partial charge in [-0.3, -0.25) is 4.79 Å². The third-order valence-electron chi connectivity index (χ3n) is 6.36. The van der Waals surface area contributed by atoms with Crippen molar-refractivity contribution >= 4 is 34.5 Å². The van der Waals surface area contributed by atoms with Crippen LogP contribution in [-0.4, -0.2) is 53.5 Å². The first-order valence-corrected chi connectivity index (χ1v) is 11.4. The highest BCUT2D eigenvalue weighted by Crippen LogP contribution is 2.28. The largest absolute Gasteiger partial charge is 0.487 e. The maximum Gasteiger partial charge on any atom is 0.246 e. The van der Waals surface area contributed by atoms with E-state index in [0.29, 0.717) is 17.7 Å². The zero-order valence-corrected chi connectivity index (χ0v) is 19.7. The number of hydrogen-bond acceptors (Lipinski definition) is 3. The maximum atomic E-state index is 12.9. The topological polar surface area (TPSA) is 37.7 Å². The number of halogens is 1. The summed E-state index contributed by atoms with van der Waals surface area (Å²) in [5.41, 5.74) is 3.16. The SMILES string of the molecule is CN(C)C1CCN(C(=O)C=Cc2c(COc3ccc(Cl)cc3)n(C)c3ccccc23)CC1. The Morgan fingerprint density at radius 2 is 1.81 bits per heavy atom. The number of hydrogen-bond donors (Lipinski definition) is 0. The number of carbonyl (C=O) groups excluding carboxylic acids is 1. The fraction of sp³-hybridized carbons (Fsp3) is 0.346. The highest BCUT2D eigenvalue weighted by atomic mass is 35.5. The minimum absolute atomic E-state index is 0.0692. The third kappa shape index (κ3) is 4.84. The highest BCUT2D eigenvalue weighted by molar-refractivity contribution is 6.30. The summed E-state index contributed by atoms with van der Waals surface area (Å²) in [6.07, 6.45) is 5.69. The number of likely N-dealkylation sites (tertiary alicyclic amines) is 1. The lowest BCUT2D eigenvalue weighted by Gasteiger charge is -2.34. The van der Waals surface area contributed by atoms with Gasteiger partial charge in [-0.05, 0) is 63.3 Å². The molecule has 0 N–H and O–H groups in total. The van der Waals surface area contributed by atoms with Gasteiger partial charge in [0.15, 0.2) is 0 Å². The lowest BCUT2D eigenvalue weighted by Crippen LogP contribution is -2.43. The molecule has 0 atom stereocenters. The molecule has 1 saturated heterocycles. The molecule has 2 heterocycles. The Morgan fingerprint density at radius 3 is 2.50 bits per heavy atom. The van der Waals surface area contributed by atoms with Crippen molar-refractivity contribution in [3.63, 3.8) is 0 Å². The molecule has 0 bridgehead atoms. The van der Waals surface area contributed by atoms with E-state index in [0.717, 1.165) is 53.8 Å². The third-order valence-corrected chi connectivity index (χ3v) is 6.61. The summed E-state index contributed by atoms with van der Waals surface area (Å²) in [5.74, 6) is 0.828. The van der Waals surface area contributed by atoms with E-state index in [1.165, 1.54) is 0 Å². The van der Waals surface area contributed by atoms with Crippen molar-refractivity contribution in [2.24, 2.45) is 7.05 Å². The van der Waals surface area contributed by atoms with Crippen LogP contribution < -0.4 is 4.74 Å². The van der Waals surface area contributed by atoms with E-state index in [9.17, 15) is 4.79 Å². The molecule has 4 rings (SSSR count). The minimum Gasteiger partial charge on any atom is -0.487 e. The molecule has 0 aliphatic carbocycles. The van der Waals surface area contributed by atoms with Gasteiger partial charge in [0.2, 0.25) is 5.91 Å². The molecule has 168 valence electrons. The number of amides is 1. The number of carbonyl (C=O) groups is 1. The van der Waals surface area contributed by atoms with Crippen LogP contribution in [0.1, 0.15) is 24.1 Å². The van der Waals surface area contributed by atoms with Crippen molar-refractivity contribution in [3.05, 3.63) is 70.9 Å². The number of ether oxygens (including phenoxy) is 1. The van der Waals surface area contributed by atoms with Gasteiger partial charge in [-0.1, -0.05) is 29.8 Å². The molecule has 6 heteroatoms. The number of nitrogens with zero attached hydrogens (tertiary/aromatic N) is 3. The van der Waals surface area contributed by atoms with Crippen molar-refractivity contribution in [2.75, 3.05) is 27.2 Å². The summed E-state index contributed by atoms with van der Waals surface area (Å²) in [6.45, 7) is 2.00. The van der Waals surface area contributed by atoms with E-state index in [1.807, 2.05) is 54.4 Å². The smallest absolute Gasteiger partial charge is 0.246 e. The molecule has 3 aromatic rings. The average Bonchev–Trinajstić information content (AvgIpc) is 3.08. The lowest BCUT2D eigenvalue weighted by atomic mass is 10.0. The normalized spacial score (nSPS) is 15.2. The second-order valence-electron chi connectivity index (χ2n) is 8.53. The Hall–Kier alpha value is -2.76. The van der Waals surface area contributed by atoms with Gasteiger partial charge in [0, 0.05) is 53.7 Å². The van der Waals surface area contributed by atoms with Crippen molar-refractivity contribution < 1.29 is 9.53 Å². The van der Waals surface area contributed by atoms with E-state index in [1.54, 1.807) is 6.08 Å². The molecule has 5 nitrogen and oxygen atoms in total. The molecule has 0 unspecified atom stereocenters. The zero-order chi connectivity index (χ0) is 22.7. The van der Waals surface area contributed by atoms with E-state index >= 15 is 0 Å². The Kier molecular flexibility index (Phi) is 6.87. The summed E-state index contributed by atoms with van der Waals surface area (Å²) in [5, 5.41) is 1.79. The van der Waals surface area contributed by atoms with Gasteiger partial charge < -0.3 is 19.1 Å². The molecule has 0 radical (unpaired) electrons. The van der Waals surface area contributed by atoms with Crippen LogP contribution in [0.25, 0.3) is 17.0 Å². The average molecular weight is 452 g/mol. The highest BCUT2D eigenvalue weighted by Gasteiger charge is 2.23. The first-order valence-electron chi connectivity index (χ1n) is 11.0. The van der Waals surface area contributed by atoms with Gasteiger partial charge in [-0.15, -0.1) is 0 Å². The Morgan fingerprint density at radius 1 is 1.12 bits per heavy atom. The van der Waals surface area contributed by atoms with Crippen LogP contribution in [0.5, 0.6) is 5.75 Å². The van der Waals surface area contributed by atoms with E-state index < -0.39 is 0 Å². The van der Waals surface area contributed by atoms with Crippen molar-refractivity contribution in [3.8, 4) is 5.75 Å². The quantitative estimate of drug-likeness (QED) is 0.496. The molecule has 2 aromatic carbocycles. The molecular formula is C26H30ClN3O2. The number of rotatable bonds is 6. The molecule has 0 saturated carbocycles. The van der Waals surface area contributed by atoms with E-state index in [-0.39, 0.29) is 5.91 Å². The minimum atomic E-state index is 0.0692. The van der Waals surface area contributed by atoms with Crippen LogP contribution >= 0.6 is 11.6 Å². The maximum absolute atomic E-state index is 12.9. The number of piperidine rings is 1. The Balaban J connectivity index is 1.55. The van der Waals surface area contributed by atoms with Gasteiger partial charge in [-0.25, -0.2) is 0 Å². The number of aromatic nitrogens is 1. The van der Waals surface area contributed by atoms with Crippen LogP contribution in [0, 0.1) is 0 Å². The predicted molar refractivity (Wildman–Crippen MR) is 131 cm³/mol. The molecule has 1 aliphatic heterocycles.